The second kappa shape index (κ2) is 3.07. The first-order chi connectivity index (χ1) is 4.74. The van der Waals surface area contributed by atoms with Crippen molar-refractivity contribution in [1.29, 1.82) is 0 Å². The summed E-state index contributed by atoms with van der Waals surface area (Å²) >= 11 is 5.77. The summed E-state index contributed by atoms with van der Waals surface area (Å²) < 4.78 is 0. The highest BCUT2D eigenvalue weighted by molar-refractivity contribution is 6.30. The van der Waals surface area contributed by atoms with E-state index in [-0.39, 0.29) is 0 Å². The number of halogens is 1. The normalized spacial score (nSPS) is 9.90. The number of benzene rings is 1. The van der Waals surface area contributed by atoms with Gasteiger partial charge in [0.05, 0.1) is 0 Å². The molecule has 0 saturated carbocycles. The summed E-state index contributed by atoms with van der Waals surface area (Å²) in [7, 11) is 0. The molecule has 10 heavy (non-hydrogen) atoms. The molecule has 0 atom stereocenters. The Bertz CT molecular complexity index is 228. The quantitative estimate of drug-likeness (QED) is 0.582. The van der Waals surface area contributed by atoms with Crippen LogP contribution in [0.15, 0.2) is 18.2 Å². The van der Waals surface area contributed by atoms with Crippen molar-refractivity contribution in [2.45, 2.75) is 13.3 Å². The average molecular weight is 154 g/mol. The maximum absolute atomic E-state index is 5.77. The fraction of sp³-hybridized carbons (Fsp3) is 0.222. The first kappa shape index (κ1) is 7.62. The van der Waals surface area contributed by atoms with E-state index in [2.05, 4.69) is 13.8 Å². The van der Waals surface area contributed by atoms with Gasteiger partial charge in [0, 0.05) is 5.02 Å². The molecule has 1 heteroatoms. The van der Waals surface area contributed by atoms with E-state index in [1.807, 2.05) is 18.2 Å². The minimum Gasteiger partial charge on any atom is -0.0843 e. The molecule has 53 valence electrons. The monoisotopic (exact) mass is 153 g/mol. The van der Waals surface area contributed by atoms with E-state index in [4.69, 9.17) is 11.6 Å². The van der Waals surface area contributed by atoms with E-state index in [1.54, 1.807) is 0 Å². The van der Waals surface area contributed by atoms with Crippen LogP contribution in [0.2, 0.25) is 5.02 Å². The number of hydrogen-bond donors (Lipinski definition) is 0. The Labute approximate surface area is 66.8 Å². The van der Waals surface area contributed by atoms with Crippen LogP contribution in [-0.4, -0.2) is 0 Å². The minimum absolute atomic E-state index is 0.796. The molecule has 0 nitrogen and oxygen atoms in total. The summed E-state index contributed by atoms with van der Waals surface area (Å²) in [5, 5.41) is 0.796. The smallest absolute Gasteiger partial charge is 0.0408 e. The van der Waals surface area contributed by atoms with E-state index in [0.717, 1.165) is 17.0 Å². The Hall–Kier alpha value is -0.490. The molecule has 0 aliphatic heterocycles. The van der Waals surface area contributed by atoms with Crippen molar-refractivity contribution < 1.29 is 0 Å². The van der Waals surface area contributed by atoms with Gasteiger partial charge in [0.2, 0.25) is 0 Å². The summed E-state index contributed by atoms with van der Waals surface area (Å²) in [4.78, 5) is 0. The van der Waals surface area contributed by atoms with Gasteiger partial charge in [0.25, 0.3) is 0 Å². The molecule has 0 aliphatic carbocycles. The van der Waals surface area contributed by atoms with E-state index in [1.165, 1.54) is 5.56 Å². The highest BCUT2D eigenvalue weighted by Crippen LogP contribution is 2.15. The highest BCUT2D eigenvalue weighted by Gasteiger charge is 1.94. The average Bonchev–Trinajstić information content (AvgIpc) is 1.94. The van der Waals surface area contributed by atoms with Crippen LogP contribution in [0.3, 0.4) is 0 Å². The lowest BCUT2D eigenvalue weighted by Crippen LogP contribution is -1.84. The molecule has 0 N–H and O–H groups in total. The van der Waals surface area contributed by atoms with Gasteiger partial charge in [-0.15, -0.1) is 0 Å². The van der Waals surface area contributed by atoms with Crippen molar-refractivity contribution in [1.82, 2.24) is 0 Å². The van der Waals surface area contributed by atoms with Gasteiger partial charge in [-0.25, -0.2) is 0 Å². The van der Waals surface area contributed by atoms with E-state index in [0.29, 0.717) is 0 Å². The van der Waals surface area contributed by atoms with Gasteiger partial charge in [-0.05, 0) is 36.6 Å². The predicted molar refractivity (Wildman–Crippen MR) is 45.3 cm³/mol. The summed E-state index contributed by atoms with van der Waals surface area (Å²) in [5.74, 6) is 0. The molecular formula is C9H10Cl. The Morgan fingerprint density at radius 3 is 2.70 bits per heavy atom. The van der Waals surface area contributed by atoms with Gasteiger partial charge in [0.1, 0.15) is 0 Å². The largest absolute Gasteiger partial charge is 0.0843 e. The fourth-order valence-corrected chi connectivity index (χ4v) is 1.12. The van der Waals surface area contributed by atoms with E-state index >= 15 is 0 Å². The van der Waals surface area contributed by atoms with Crippen molar-refractivity contribution in [3.63, 3.8) is 0 Å². The molecule has 0 fully saturated rings. The topological polar surface area (TPSA) is 0 Å². The lowest BCUT2D eigenvalue weighted by molar-refractivity contribution is 1.13. The Balaban J connectivity index is 3.09. The van der Waals surface area contributed by atoms with Gasteiger partial charge in [-0.1, -0.05) is 24.6 Å². The molecule has 0 aromatic heterocycles. The number of rotatable bonds is 1. The molecular weight excluding hydrogens is 144 g/mol. The van der Waals surface area contributed by atoms with Crippen molar-refractivity contribution >= 4 is 11.6 Å². The fourth-order valence-electron chi connectivity index (χ4n) is 0.924. The third-order valence-electron chi connectivity index (χ3n) is 1.55. The summed E-state index contributed by atoms with van der Waals surface area (Å²) in [6.07, 6.45) is 0.999. The number of hydrogen-bond acceptors (Lipinski definition) is 0. The molecule has 1 radical (unpaired) electrons. The van der Waals surface area contributed by atoms with Crippen LogP contribution in [0.1, 0.15) is 18.1 Å². The van der Waals surface area contributed by atoms with Gasteiger partial charge in [-0.2, -0.15) is 0 Å². The Morgan fingerprint density at radius 1 is 1.50 bits per heavy atom. The van der Waals surface area contributed by atoms with Crippen LogP contribution in [-0.2, 0) is 6.42 Å². The zero-order chi connectivity index (χ0) is 7.56. The minimum atomic E-state index is 0.796. The molecule has 0 aliphatic rings. The maximum Gasteiger partial charge on any atom is 0.0408 e. The summed E-state index contributed by atoms with van der Waals surface area (Å²) in [6, 6.07) is 5.77. The molecule has 1 rings (SSSR count). The molecule has 0 heterocycles. The standard InChI is InChI=1S/C9H10Cl/c1-3-8-6-9(10)5-4-7(8)2/h4-6H,2-3H2,1H3. The van der Waals surface area contributed by atoms with E-state index < -0.39 is 0 Å². The number of aryl methyl sites for hydroxylation is 1. The zero-order valence-corrected chi connectivity index (χ0v) is 6.78. The first-order valence-corrected chi connectivity index (χ1v) is 3.72. The third kappa shape index (κ3) is 1.51. The van der Waals surface area contributed by atoms with Gasteiger partial charge < -0.3 is 0 Å². The molecule has 1 aromatic rings. The molecule has 0 spiro atoms. The van der Waals surface area contributed by atoms with Crippen LogP contribution < -0.4 is 0 Å². The first-order valence-electron chi connectivity index (χ1n) is 3.34. The Morgan fingerprint density at radius 2 is 2.20 bits per heavy atom. The lowest BCUT2D eigenvalue weighted by atomic mass is 10.1. The molecule has 0 bridgehead atoms. The lowest BCUT2D eigenvalue weighted by Gasteiger charge is -2.00. The third-order valence-corrected chi connectivity index (χ3v) is 1.78. The van der Waals surface area contributed by atoms with Crippen molar-refractivity contribution in [3.05, 3.63) is 41.3 Å². The summed E-state index contributed by atoms with van der Waals surface area (Å²) in [6.45, 7) is 5.97. The maximum atomic E-state index is 5.77. The van der Waals surface area contributed by atoms with E-state index in [9.17, 15) is 0 Å². The SMILES string of the molecule is [CH2]c1ccc(Cl)cc1CC. The van der Waals surface area contributed by atoms with Crippen LogP contribution in [0.25, 0.3) is 0 Å². The van der Waals surface area contributed by atoms with Crippen molar-refractivity contribution in [3.8, 4) is 0 Å². The second-order valence-corrected chi connectivity index (χ2v) is 2.70. The van der Waals surface area contributed by atoms with Gasteiger partial charge >= 0.3 is 0 Å². The van der Waals surface area contributed by atoms with Crippen LogP contribution >= 0.6 is 11.6 Å². The highest BCUT2D eigenvalue weighted by atomic mass is 35.5. The molecule has 0 saturated heterocycles. The molecule has 1 aromatic carbocycles. The summed E-state index contributed by atoms with van der Waals surface area (Å²) in [5.41, 5.74) is 2.31. The predicted octanol–water partition coefficient (Wildman–Crippen LogP) is 3.08. The molecule has 0 unspecified atom stereocenters. The second-order valence-electron chi connectivity index (χ2n) is 2.27. The van der Waals surface area contributed by atoms with Crippen LogP contribution in [0.4, 0.5) is 0 Å². The van der Waals surface area contributed by atoms with Crippen LogP contribution in [0, 0.1) is 6.92 Å². The zero-order valence-electron chi connectivity index (χ0n) is 6.02. The molecule has 0 amide bonds. The van der Waals surface area contributed by atoms with Gasteiger partial charge in [0.15, 0.2) is 0 Å². The van der Waals surface area contributed by atoms with Crippen LogP contribution in [0.5, 0.6) is 0 Å². The van der Waals surface area contributed by atoms with Crippen molar-refractivity contribution in [2.75, 3.05) is 0 Å². The Kier molecular flexibility index (Phi) is 2.34. The van der Waals surface area contributed by atoms with Gasteiger partial charge in [-0.3, -0.25) is 0 Å². The van der Waals surface area contributed by atoms with Crippen molar-refractivity contribution in [2.24, 2.45) is 0 Å².